The van der Waals surface area contributed by atoms with Crippen molar-refractivity contribution in [1.29, 1.82) is 0 Å². The minimum atomic E-state index is -0.334. The van der Waals surface area contributed by atoms with Crippen molar-refractivity contribution < 1.29 is 23.6 Å². The van der Waals surface area contributed by atoms with E-state index >= 15 is 0 Å². The number of methoxy groups -OCH3 is 2. The molecule has 1 aromatic heterocycles. The molecule has 1 heterocycles. The summed E-state index contributed by atoms with van der Waals surface area (Å²) in [6.07, 6.45) is 1.40. The number of ether oxygens (including phenoxy) is 2. The van der Waals surface area contributed by atoms with Gasteiger partial charge in [0.1, 0.15) is 11.5 Å². The maximum absolute atomic E-state index is 11.4. The van der Waals surface area contributed by atoms with Gasteiger partial charge in [-0.1, -0.05) is 5.16 Å². The molecule has 1 aromatic rings. The molecule has 0 spiro atoms. The van der Waals surface area contributed by atoms with Crippen LogP contribution < -0.4 is 0 Å². The Morgan fingerprint density at radius 3 is 2.72 bits per heavy atom. The van der Waals surface area contributed by atoms with E-state index in [-0.39, 0.29) is 24.0 Å². The lowest BCUT2D eigenvalue weighted by atomic mass is 9.95. The van der Waals surface area contributed by atoms with Crippen LogP contribution in [0.2, 0.25) is 0 Å². The molecule has 0 N–H and O–H groups in total. The Morgan fingerprint density at radius 1 is 1.50 bits per heavy atom. The normalized spacial score (nSPS) is 12.2. The van der Waals surface area contributed by atoms with E-state index in [1.165, 1.54) is 7.11 Å². The van der Waals surface area contributed by atoms with Crippen LogP contribution in [0.15, 0.2) is 4.52 Å². The van der Waals surface area contributed by atoms with E-state index in [0.717, 1.165) is 0 Å². The fraction of sp³-hybridized carbons (Fsp3) is 0.583. The predicted molar refractivity (Wildman–Crippen MR) is 62.5 cm³/mol. The van der Waals surface area contributed by atoms with Gasteiger partial charge in [-0.25, -0.2) is 0 Å². The SMILES string of the molecule is COCCC(CC(=O)OC)c1onc(C=O)c1C. The van der Waals surface area contributed by atoms with E-state index in [9.17, 15) is 9.59 Å². The summed E-state index contributed by atoms with van der Waals surface area (Å²) in [7, 11) is 2.92. The van der Waals surface area contributed by atoms with E-state index in [2.05, 4.69) is 9.89 Å². The average Bonchev–Trinajstić information content (AvgIpc) is 2.75. The van der Waals surface area contributed by atoms with Crippen molar-refractivity contribution >= 4 is 12.3 Å². The molecule has 0 fully saturated rings. The third-order valence-corrected chi connectivity index (χ3v) is 2.79. The predicted octanol–water partition coefficient (Wildman–Crippen LogP) is 1.48. The summed E-state index contributed by atoms with van der Waals surface area (Å²) in [5.41, 5.74) is 0.923. The smallest absolute Gasteiger partial charge is 0.306 e. The number of carbonyl (C=O) groups is 2. The van der Waals surface area contributed by atoms with E-state index in [1.54, 1.807) is 14.0 Å². The minimum absolute atomic E-state index is 0.175. The fourth-order valence-corrected chi connectivity index (χ4v) is 1.72. The van der Waals surface area contributed by atoms with Crippen molar-refractivity contribution in [3.8, 4) is 0 Å². The van der Waals surface area contributed by atoms with Crippen LogP contribution in [0.5, 0.6) is 0 Å². The molecule has 1 rings (SSSR count). The zero-order valence-corrected chi connectivity index (χ0v) is 10.8. The Kier molecular flexibility index (Phi) is 5.51. The lowest BCUT2D eigenvalue weighted by molar-refractivity contribution is -0.141. The van der Waals surface area contributed by atoms with Gasteiger partial charge in [-0.3, -0.25) is 9.59 Å². The molecule has 0 bridgehead atoms. The highest BCUT2D eigenvalue weighted by molar-refractivity contribution is 5.74. The summed E-state index contributed by atoms with van der Waals surface area (Å²) in [6, 6.07) is 0. The third-order valence-electron chi connectivity index (χ3n) is 2.79. The highest BCUT2D eigenvalue weighted by atomic mass is 16.5. The van der Waals surface area contributed by atoms with Crippen LogP contribution in [-0.4, -0.2) is 38.2 Å². The standard InChI is InChI=1S/C12H17NO5/c1-8-10(7-14)13-18-12(8)9(4-5-16-2)6-11(15)17-3/h7,9H,4-6H2,1-3H3. The Hall–Kier alpha value is -1.69. The molecule has 0 saturated heterocycles. The molecule has 6 heteroatoms. The molecule has 1 unspecified atom stereocenters. The molecule has 0 aromatic carbocycles. The van der Waals surface area contributed by atoms with Gasteiger partial charge in [0.15, 0.2) is 6.29 Å². The first-order chi connectivity index (χ1) is 8.63. The van der Waals surface area contributed by atoms with Crippen molar-refractivity contribution in [2.24, 2.45) is 0 Å². The Bertz CT molecular complexity index is 413. The van der Waals surface area contributed by atoms with Gasteiger partial charge in [-0.05, 0) is 13.3 Å². The molecule has 0 radical (unpaired) electrons. The monoisotopic (exact) mass is 255 g/mol. The first kappa shape index (κ1) is 14.4. The maximum atomic E-state index is 11.4. The number of hydrogen-bond donors (Lipinski definition) is 0. The molecule has 18 heavy (non-hydrogen) atoms. The summed E-state index contributed by atoms with van der Waals surface area (Å²) >= 11 is 0. The highest BCUT2D eigenvalue weighted by Gasteiger charge is 2.24. The molecule has 0 aliphatic rings. The second kappa shape index (κ2) is 6.90. The van der Waals surface area contributed by atoms with Gasteiger partial charge < -0.3 is 14.0 Å². The summed E-state index contributed by atoms with van der Waals surface area (Å²) in [6.45, 7) is 2.23. The van der Waals surface area contributed by atoms with Gasteiger partial charge in [-0.2, -0.15) is 0 Å². The quantitative estimate of drug-likeness (QED) is 0.542. The lowest BCUT2D eigenvalue weighted by Gasteiger charge is -2.12. The second-order valence-electron chi connectivity index (χ2n) is 3.93. The zero-order valence-electron chi connectivity index (χ0n) is 10.8. The first-order valence-electron chi connectivity index (χ1n) is 5.61. The van der Waals surface area contributed by atoms with Crippen LogP contribution in [0, 0.1) is 6.92 Å². The largest absolute Gasteiger partial charge is 0.469 e. The van der Waals surface area contributed by atoms with Crippen molar-refractivity contribution in [3.63, 3.8) is 0 Å². The van der Waals surface area contributed by atoms with Crippen molar-refractivity contribution in [3.05, 3.63) is 17.0 Å². The molecule has 0 amide bonds. The topological polar surface area (TPSA) is 78.6 Å². The van der Waals surface area contributed by atoms with Crippen LogP contribution >= 0.6 is 0 Å². The van der Waals surface area contributed by atoms with E-state index in [0.29, 0.717) is 30.6 Å². The van der Waals surface area contributed by atoms with Gasteiger partial charge in [0, 0.05) is 25.2 Å². The lowest BCUT2D eigenvalue weighted by Crippen LogP contribution is -2.11. The zero-order chi connectivity index (χ0) is 13.5. The summed E-state index contributed by atoms with van der Waals surface area (Å²) in [4.78, 5) is 22.1. The van der Waals surface area contributed by atoms with Gasteiger partial charge >= 0.3 is 5.97 Å². The number of aldehydes is 1. The average molecular weight is 255 g/mol. The van der Waals surface area contributed by atoms with Crippen LogP contribution in [0.3, 0.4) is 0 Å². The minimum Gasteiger partial charge on any atom is -0.469 e. The number of nitrogens with zero attached hydrogens (tertiary/aromatic N) is 1. The molecular formula is C12H17NO5. The van der Waals surface area contributed by atoms with Crippen LogP contribution in [0.1, 0.15) is 40.6 Å². The number of aromatic nitrogens is 1. The number of rotatable bonds is 7. The first-order valence-corrected chi connectivity index (χ1v) is 5.61. The Balaban J connectivity index is 2.89. The van der Waals surface area contributed by atoms with Crippen molar-refractivity contribution in [1.82, 2.24) is 5.16 Å². The highest BCUT2D eigenvalue weighted by Crippen LogP contribution is 2.28. The van der Waals surface area contributed by atoms with Crippen molar-refractivity contribution in [2.45, 2.75) is 25.7 Å². The number of esters is 1. The number of carbonyl (C=O) groups excluding carboxylic acids is 2. The summed E-state index contributed by atoms with van der Waals surface area (Å²) in [5.74, 6) is 0.0118. The van der Waals surface area contributed by atoms with E-state index in [1.807, 2.05) is 0 Å². The fourth-order valence-electron chi connectivity index (χ4n) is 1.72. The van der Waals surface area contributed by atoms with E-state index in [4.69, 9.17) is 9.26 Å². The second-order valence-corrected chi connectivity index (χ2v) is 3.93. The molecular weight excluding hydrogens is 238 g/mol. The van der Waals surface area contributed by atoms with Crippen molar-refractivity contribution in [2.75, 3.05) is 20.8 Å². The maximum Gasteiger partial charge on any atom is 0.306 e. The molecule has 0 aliphatic carbocycles. The Labute approximate surface area is 105 Å². The third kappa shape index (κ3) is 3.40. The molecule has 100 valence electrons. The summed E-state index contributed by atoms with van der Waals surface area (Å²) in [5, 5.41) is 3.66. The molecule has 1 atom stereocenters. The van der Waals surface area contributed by atoms with Gasteiger partial charge in [0.25, 0.3) is 0 Å². The summed E-state index contributed by atoms with van der Waals surface area (Å²) < 4.78 is 14.8. The Morgan fingerprint density at radius 2 is 2.22 bits per heavy atom. The van der Waals surface area contributed by atoms with Crippen LogP contribution in [0.4, 0.5) is 0 Å². The van der Waals surface area contributed by atoms with Crippen LogP contribution in [-0.2, 0) is 14.3 Å². The molecule has 6 nitrogen and oxygen atoms in total. The molecule has 0 aliphatic heterocycles. The van der Waals surface area contributed by atoms with Crippen LogP contribution in [0.25, 0.3) is 0 Å². The van der Waals surface area contributed by atoms with Gasteiger partial charge in [0.2, 0.25) is 0 Å². The van der Waals surface area contributed by atoms with Gasteiger partial charge in [0.05, 0.1) is 13.5 Å². The number of hydrogen-bond acceptors (Lipinski definition) is 6. The van der Waals surface area contributed by atoms with Gasteiger partial charge in [-0.15, -0.1) is 0 Å². The molecule has 0 saturated carbocycles. The van der Waals surface area contributed by atoms with E-state index < -0.39 is 0 Å².